The van der Waals surface area contributed by atoms with E-state index in [2.05, 4.69) is 6.92 Å². The molecule has 0 fully saturated rings. The van der Waals surface area contributed by atoms with E-state index in [-0.39, 0.29) is 0 Å². The highest BCUT2D eigenvalue weighted by atomic mass is 16.5. The number of hydrogen-bond acceptors (Lipinski definition) is 3. The molecule has 0 saturated carbocycles. The molecule has 0 aliphatic carbocycles. The fourth-order valence-electron chi connectivity index (χ4n) is 1.67. The Bertz CT molecular complexity index is 315. The minimum atomic E-state index is 0.553. The molecule has 0 bridgehead atoms. The van der Waals surface area contributed by atoms with Crippen LogP contribution in [0.3, 0.4) is 0 Å². The van der Waals surface area contributed by atoms with Crippen molar-refractivity contribution in [1.82, 2.24) is 0 Å². The van der Waals surface area contributed by atoms with Crippen molar-refractivity contribution in [1.29, 1.82) is 0 Å². The Kier molecular flexibility index (Phi) is 8.26. The lowest BCUT2D eigenvalue weighted by atomic mass is 10.2. The summed E-state index contributed by atoms with van der Waals surface area (Å²) in [6.45, 7) is 5.10. The van der Waals surface area contributed by atoms with Crippen LogP contribution in [-0.4, -0.2) is 19.8 Å². The number of nitrogens with two attached hydrogens (primary N) is 1. The zero-order valence-electron chi connectivity index (χ0n) is 11.4. The lowest BCUT2D eigenvalue weighted by Gasteiger charge is -2.08. The van der Waals surface area contributed by atoms with Crippen molar-refractivity contribution in [3.8, 4) is 5.75 Å². The molecule has 0 radical (unpaired) electrons. The predicted octanol–water partition coefficient (Wildman–Crippen LogP) is 3.12. The smallest absolute Gasteiger partial charge is 0.119 e. The Morgan fingerprint density at radius 3 is 2.67 bits per heavy atom. The van der Waals surface area contributed by atoms with Crippen LogP contribution in [0, 0.1) is 0 Å². The first-order chi connectivity index (χ1) is 8.86. The van der Waals surface area contributed by atoms with Gasteiger partial charge >= 0.3 is 0 Å². The van der Waals surface area contributed by atoms with Gasteiger partial charge in [-0.25, -0.2) is 0 Å². The molecule has 0 saturated heterocycles. The normalized spacial score (nSPS) is 10.6. The van der Waals surface area contributed by atoms with E-state index in [9.17, 15) is 0 Å². The first-order valence-electron chi connectivity index (χ1n) is 6.86. The maximum absolute atomic E-state index is 5.64. The first-order valence-corrected chi connectivity index (χ1v) is 6.86. The van der Waals surface area contributed by atoms with Gasteiger partial charge in [-0.05, 0) is 24.1 Å². The monoisotopic (exact) mass is 251 g/mol. The molecule has 18 heavy (non-hydrogen) atoms. The van der Waals surface area contributed by atoms with E-state index in [0.717, 1.165) is 37.4 Å². The molecule has 3 heteroatoms. The summed E-state index contributed by atoms with van der Waals surface area (Å²) < 4.78 is 11.2. The fourth-order valence-corrected chi connectivity index (χ4v) is 1.67. The Morgan fingerprint density at radius 1 is 1.06 bits per heavy atom. The molecule has 3 nitrogen and oxygen atoms in total. The van der Waals surface area contributed by atoms with Crippen LogP contribution in [0.15, 0.2) is 24.3 Å². The third-order valence-electron chi connectivity index (χ3n) is 2.73. The van der Waals surface area contributed by atoms with E-state index in [4.69, 9.17) is 15.2 Å². The average molecular weight is 251 g/mol. The lowest BCUT2D eigenvalue weighted by molar-refractivity contribution is 0.116. The molecular formula is C15H25NO2. The molecule has 0 aliphatic rings. The van der Waals surface area contributed by atoms with Gasteiger partial charge in [0.05, 0.1) is 6.61 Å². The van der Waals surface area contributed by atoms with Gasteiger partial charge < -0.3 is 15.2 Å². The largest absolute Gasteiger partial charge is 0.493 e. The van der Waals surface area contributed by atoms with Crippen LogP contribution >= 0.6 is 0 Å². The van der Waals surface area contributed by atoms with E-state index in [0.29, 0.717) is 13.2 Å². The average Bonchev–Trinajstić information content (AvgIpc) is 2.42. The summed E-state index contributed by atoms with van der Waals surface area (Å²) in [4.78, 5) is 0. The Morgan fingerprint density at radius 2 is 1.89 bits per heavy atom. The zero-order valence-corrected chi connectivity index (χ0v) is 11.4. The molecule has 0 aliphatic heterocycles. The highest BCUT2D eigenvalue weighted by Gasteiger charge is 1.96. The van der Waals surface area contributed by atoms with Crippen LogP contribution in [0.1, 0.15) is 38.2 Å². The quantitative estimate of drug-likeness (QED) is 0.650. The molecule has 1 aromatic carbocycles. The minimum Gasteiger partial charge on any atom is -0.493 e. The van der Waals surface area contributed by atoms with E-state index in [1.807, 2.05) is 24.3 Å². The van der Waals surface area contributed by atoms with Crippen molar-refractivity contribution in [2.75, 3.05) is 19.8 Å². The van der Waals surface area contributed by atoms with Crippen LogP contribution in [0.25, 0.3) is 0 Å². The molecule has 2 N–H and O–H groups in total. The molecule has 0 unspecified atom stereocenters. The summed E-state index contributed by atoms with van der Waals surface area (Å²) in [5.74, 6) is 0.893. The van der Waals surface area contributed by atoms with Crippen molar-refractivity contribution in [3.05, 3.63) is 29.8 Å². The van der Waals surface area contributed by atoms with Gasteiger partial charge in [-0.1, -0.05) is 31.9 Å². The van der Waals surface area contributed by atoms with Crippen molar-refractivity contribution < 1.29 is 9.47 Å². The highest BCUT2D eigenvalue weighted by molar-refractivity contribution is 5.28. The summed E-state index contributed by atoms with van der Waals surface area (Å²) in [5, 5.41) is 0. The maximum Gasteiger partial charge on any atom is 0.119 e. The fraction of sp³-hybridized carbons (Fsp3) is 0.600. The van der Waals surface area contributed by atoms with Crippen molar-refractivity contribution >= 4 is 0 Å². The Hall–Kier alpha value is -1.06. The summed E-state index contributed by atoms with van der Waals surface area (Å²) in [7, 11) is 0. The van der Waals surface area contributed by atoms with Crippen LogP contribution in [-0.2, 0) is 11.3 Å². The van der Waals surface area contributed by atoms with Crippen molar-refractivity contribution in [3.63, 3.8) is 0 Å². The summed E-state index contributed by atoms with van der Waals surface area (Å²) in [5.41, 5.74) is 6.68. The molecule has 0 spiro atoms. The second kappa shape index (κ2) is 9.92. The van der Waals surface area contributed by atoms with Crippen molar-refractivity contribution in [2.24, 2.45) is 5.73 Å². The molecule has 0 heterocycles. The summed E-state index contributed by atoms with van der Waals surface area (Å²) in [6.07, 6.45) is 4.58. The maximum atomic E-state index is 5.64. The number of hydrogen-bond donors (Lipinski definition) is 1. The van der Waals surface area contributed by atoms with E-state index in [1.54, 1.807) is 0 Å². The topological polar surface area (TPSA) is 44.5 Å². The van der Waals surface area contributed by atoms with Crippen LogP contribution in [0.4, 0.5) is 0 Å². The predicted molar refractivity (Wildman–Crippen MR) is 74.8 cm³/mol. The van der Waals surface area contributed by atoms with E-state index < -0.39 is 0 Å². The second-order valence-corrected chi connectivity index (χ2v) is 4.37. The molecule has 102 valence electrons. The summed E-state index contributed by atoms with van der Waals surface area (Å²) >= 11 is 0. The van der Waals surface area contributed by atoms with Gasteiger partial charge in [-0.2, -0.15) is 0 Å². The Balaban J connectivity index is 2.03. The number of unbranched alkanes of at least 4 members (excludes halogenated alkanes) is 2. The molecule has 0 atom stereocenters. The van der Waals surface area contributed by atoms with Gasteiger partial charge in [-0.3, -0.25) is 0 Å². The number of ether oxygens (including phenoxy) is 2. The zero-order chi connectivity index (χ0) is 13.1. The van der Waals surface area contributed by atoms with Gasteiger partial charge in [0, 0.05) is 26.2 Å². The van der Waals surface area contributed by atoms with E-state index >= 15 is 0 Å². The third-order valence-corrected chi connectivity index (χ3v) is 2.73. The van der Waals surface area contributed by atoms with Gasteiger partial charge in [0.2, 0.25) is 0 Å². The van der Waals surface area contributed by atoms with E-state index in [1.165, 1.54) is 12.8 Å². The first kappa shape index (κ1) is 15.0. The third kappa shape index (κ3) is 6.62. The molecular weight excluding hydrogens is 226 g/mol. The Labute approximate surface area is 110 Å². The molecule has 1 rings (SSSR count). The standard InChI is InChI=1S/C15H25NO2/c1-2-3-4-9-17-10-6-11-18-15-8-5-7-14(12-15)13-16/h5,7-8,12H,2-4,6,9-11,13,16H2,1H3. The number of rotatable bonds is 10. The minimum absolute atomic E-state index is 0.553. The lowest BCUT2D eigenvalue weighted by Crippen LogP contribution is -2.04. The second-order valence-electron chi connectivity index (χ2n) is 4.37. The SMILES string of the molecule is CCCCCOCCCOc1cccc(CN)c1. The highest BCUT2D eigenvalue weighted by Crippen LogP contribution is 2.12. The number of benzene rings is 1. The molecule has 0 aromatic heterocycles. The van der Waals surface area contributed by atoms with Crippen LogP contribution in [0.5, 0.6) is 5.75 Å². The summed E-state index contributed by atoms with van der Waals surface area (Å²) in [6, 6.07) is 7.92. The van der Waals surface area contributed by atoms with Gasteiger partial charge in [0.1, 0.15) is 5.75 Å². The molecule has 0 amide bonds. The van der Waals surface area contributed by atoms with Crippen LogP contribution < -0.4 is 10.5 Å². The van der Waals surface area contributed by atoms with Gasteiger partial charge in [0.25, 0.3) is 0 Å². The van der Waals surface area contributed by atoms with Gasteiger partial charge in [0.15, 0.2) is 0 Å². The van der Waals surface area contributed by atoms with Crippen LogP contribution in [0.2, 0.25) is 0 Å². The van der Waals surface area contributed by atoms with Gasteiger partial charge in [-0.15, -0.1) is 0 Å². The van der Waals surface area contributed by atoms with Crippen molar-refractivity contribution in [2.45, 2.75) is 39.2 Å². The molecule has 1 aromatic rings.